The first-order valence-electron chi connectivity index (χ1n) is 5.31. The quantitative estimate of drug-likeness (QED) is 0.876. The number of rotatable bonds is 3. The summed E-state index contributed by atoms with van der Waals surface area (Å²) in [6.45, 7) is 1.83. The van der Waals surface area contributed by atoms with Crippen molar-refractivity contribution in [2.45, 2.75) is 6.92 Å². The van der Waals surface area contributed by atoms with Crippen molar-refractivity contribution in [3.63, 3.8) is 0 Å². The van der Waals surface area contributed by atoms with Gasteiger partial charge in [-0.3, -0.25) is 4.79 Å². The zero-order chi connectivity index (χ0) is 12.3. The molecular weight excluding hydrogens is 214 g/mol. The van der Waals surface area contributed by atoms with Gasteiger partial charge < -0.3 is 10.5 Å². The highest BCUT2D eigenvalue weighted by molar-refractivity contribution is 5.97. The summed E-state index contributed by atoms with van der Waals surface area (Å²) in [5.41, 5.74) is 6.59. The molecule has 2 aromatic carbocycles. The van der Waals surface area contributed by atoms with Crippen LogP contribution in [0, 0.1) is 6.92 Å². The number of benzene rings is 2. The molecule has 3 nitrogen and oxygen atoms in total. The highest BCUT2D eigenvalue weighted by Gasteiger charge is 2.12. The van der Waals surface area contributed by atoms with E-state index in [2.05, 4.69) is 0 Å². The Morgan fingerprint density at radius 3 is 2.41 bits per heavy atom. The molecule has 0 aliphatic rings. The zero-order valence-corrected chi connectivity index (χ0v) is 9.51. The molecule has 3 heteroatoms. The highest BCUT2D eigenvalue weighted by atomic mass is 16.5. The highest BCUT2D eigenvalue weighted by Crippen LogP contribution is 2.26. The second-order valence-corrected chi connectivity index (χ2v) is 3.73. The molecule has 0 heterocycles. The van der Waals surface area contributed by atoms with E-state index in [9.17, 15) is 4.79 Å². The van der Waals surface area contributed by atoms with Gasteiger partial charge in [0.1, 0.15) is 11.5 Å². The van der Waals surface area contributed by atoms with Crippen LogP contribution in [0.5, 0.6) is 11.5 Å². The Kier molecular flexibility index (Phi) is 3.10. The molecule has 0 aromatic heterocycles. The molecule has 17 heavy (non-hydrogen) atoms. The van der Waals surface area contributed by atoms with E-state index in [0.717, 1.165) is 5.56 Å². The topological polar surface area (TPSA) is 52.3 Å². The van der Waals surface area contributed by atoms with Gasteiger partial charge in [0.2, 0.25) is 0 Å². The van der Waals surface area contributed by atoms with Crippen LogP contribution >= 0.6 is 0 Å². The van der Waals surface area contributed by atoms with Crippen molar-refractivity contribution >= 4 is 5.91 Å². The van der Waals surface area contributed by atoms with Gasteiger partial charge in [0, 0.05) is 0 Å². The van der Waals surface area contributed by atoms with Crippen LogP contribution in [0.1, 0.15) is 15.9 Å². The second-order valence-electron chi connectivity index (χ2n) is 3.73. The van der Waals surface area contributed by atoms with Gasteiger partial charge in [0.25, 0.3) is 5.91 Å². The number of carbonyl (C=O) groups excluding carboxylic acids is 1. The lowest BCUT2D eigenvalue weighted by Gasteiger charge is -2.10. The lowest BCUT2D eigenvalue weighted by molar-refractivity contribution is 0.0997. The van der Waals surface area contributed by atoms with Gasteiger partial charge in [-0.15, -0.1) is 0 Å². The fourth-order valence-corrected chi connectivity index (χ4v) is 1.66. The summed E-state index contributed by atoms with van der Waals surface area (Å²) < 4.78 is 5.65. The molecule has 2 rings (SSSR count). The minimum atomic E-state index is -0.478. The van der Waals surface area contributed by atoms with Crippen molar-refractivity contribution in [3.8, 4) is 11.5 Å². The van der Waals surface area contributed by atoms with E-state index >= 15 is 0 Å². The Morgan fingerprint density at radius 1 is 1.06 bits per heavy atom. The van der Waals surface area contributed by atoms with Gasteiger partial charge in [-0.25, -0.2) is 0 Å². The van der Waals surface area contributed by atoms with Crippen LogP contribution in [0.25, 0.3) is 0 Å². The minimum absolute atomic E-state index is 0.427. The monoisotopic (exact) mass is 227 g/mol. The number of para-hydroxylation sites is 1. The molecule has 2 aromatic rings. The Morgan fingerprint density at radius 2 is 1.76 bits per heavy atom. The van der Waals surface area contributed by atoms with Crippen molar-refractivity contribution in [1.82, 2.24) is 0 Å². The molecule has 0 unspecified atom stereocenters. The zero-order valence-electron chi connectivity index (χ0n) is 9.51. The molecule has 0 aliphatic heterocycles. The lowest BCUT2D eigenvalue weighted by Crippen LogP contribution is -2.13. The van der Waals surface area contributed by atoms with E-state index < -0.39 is 5.91 Å². The molecule has 0 radical (unpaired) electrons. The van der Waals surface area contributed by atoms with Crippen molar-refractivity contribution in [2.75, 3.05) is 0 Å². The summed E-state index contributed by atoms with van der Waals surface area (Å²) in [7, 11) is 0. The van der Waals surface area contributed by atoms with Gasteiger partial charge in [0.15, 0.2) is 0 Å². The molecule has 0 saturated carbocycles. The Labute approximate surface area is 99.8 Å². The molecule has 2 N–H and O–H groups in total. The molecule has 86 valence electrons. The van der Waals surface area contributed by atoms with Crippen LogP contribution in [0.2, 0.25) is 0 Å². The fraction of sp³-hybridized carbons (Fsp3) is 0.0714. The summed E-state index contributed by atoms with van der Waals surface area (Å²) in [4.78, 5) is 11.4. The third kappa shape index (κ3) is 2.45. The van der Waals surface area contributed by atoms with E-state index in [-0.39, 0.29) is 0 Å². The van der Waals surface area contributed by atoms with Crippen molar-refractivity contribution in [2.24, 2.45) is 5.73 Å². The van der Waals surface area contributed by atoms with Gasteiger partial charge in [-0.1, -0.05) is 30.3 Å². The smallest absolute Gasteiger partial charge is 0.252 e. The van der Waals surface area contributed by atoms with Crippen molar-refractivity contribution < 1.29 is 9.53 Å². The summed E-state index contributed by atoms with van der Waals surface area (Å²) in [5.74, 6) is 0.693. The van der Waals surface area contributed by atoms with Gasteiger partial charge >= 0.3 is 0 Å². The number of amides is 1. The number of hydrogen-bond donors (Lipinski definition) is 1. The molecule has 1 amide bonds. The normalized spacial score (nSPS) is 9.94. The average molecular weight is 227 g/mol. The first-order valence-corrected chi connectivity index (χ1v) is 5.31. The third-order valence-electron chi connectivity index (χ3n) is 2.45. The molecule has 0 aliphatic carbocycles. The largest absolute Gasteiger partial charge is 0.457 e. The minimum Gasteiger partial charge on any atom is -0.457 e. The second kappa shape index (κ2) is 4.70. The number of primary amides is 1. The molecule has 0 bridgehead atoms. The summed E-state index contributed by atoms with van der Waals surface area (Å²) in [6.07, 6.45) is 0. The number of ether oxygens (including phenoxy) is 1. The first-order chi connectivity index (χ1) is 8.18. The first kappa shape index (κ1) is 11.2. The van der Waals surface area contributed by atoms with E-state index in [1.165, 1.54) is 0 Å². The number of aryl methyl sites for hydroxylation is 1. The van der Waals surface area contributed by atoms with Crippen LogP contribution in [0.3, 0.4) is 0 Å². The molecule has 0 spiro atoms. The van der Waals surface area contributed by atoms with E-state index in [0.29, 0.717) is 17.1 Å². The molecule has 0 atom stereocenters. The van der Waals surface area contributed by atoms with Crippen LogP contribution in [0.4, 0.5) is 0 Å². The van der Waals surface area contributed by atoms with Gasteiger partial charge in [0.05, 0.1) is 5.56 Å². The van der Waals surface area contributed by atoms with Crippen LogP contribution in [0.15, 0.2) is 48.5 Å². The summed E-state index contributed by atoms with van der Waals surface area (Å²) in [5, 5.41) is 0. The van der Waals surface area contributed by atoms with Crippen LogP contribution < -0.4 is 10.5 Å². The van der Waals surface area contributed by atoms with Crippen molar-refractivity contribution in [1.29, 1.82) is 0 Å². The summed E-state index contributed by atoms with van der Waals surface area (Å²) in [6, 6.07) is 14.7. The molecule has 0 fully saturated rings. The van der Waals surface area contributed by atoms with E-state index in [1.54, 1.807) is 6.07 Å². The average Bonchev–Trinajstić information content (AvgIpc) is 2.30. The van der Waals surface area contributed by atoms with Crippen LogP contribution in [-0.4, -0.2) is 5.91 Å². The predicted molar refractivity (Wildman–Crippen MR) is 66.2 cm³/mol. The van der Waals surface area contributed by atoms with Crippen molar-refractivity contribution in [3.05, 3.63) is 59.7 Å². The van der Waals surface area contributed by atoms with Gasteiger partial charge in [-0.05, 0) is 30.7 Å². The molecular formula is C14H13NO2. The van der Waals surface area contributed by atoms with E-state index in [1.807, 2.05) is 49.4 Å². The third-order valence-corrected chi connectivity index (χ3v) is 2.45. The van der Waals surface area contributed by atoms with Gasteiger partial charge in [-0.2, -0.15) is 0 Å². The predicted octanol–water partition coefficient (Wildman–Crippen LogP) is 2.89. The number of carbonyl (C=O) groups is 1. The fourth-order valence-electron chi connectivity index (χ4n) is 1.66. The Hall–Kier alpha value is -2.29. The van der Waals surface area contributed by atoms with E-state index in [4.69, 9.17) is 10.5 Å². The maximum absolute atomic E-state index is 11.4. The van der Waals surface area contributed by atoms with Crippen LogP contribution in [-0.2, 0) is 0 Å². The Balaban J connectivity index is 2.40. The molecule has 0 saturated heterocycles. The number of hydrogen-bond acceptors (Lipinski definition) is 2. The number of nitrogens with two attached hydrogens (primary N) is 1. The standard InChI is InChI=1S/C14H13NO2/c1-10-6-5-9-12(13(10)14(15)16)17-11-7-3-2-4-8-11/h2-9H,1H3,(H2,15,16). The summed E-state index contributed by atoms with van der Waals surface area (Å²) >= 11 is 0. The lowest BCUT2D eigenvalue weighted by atomic mass is 10.1. The SMILES string of the molecule is Cc1cccc(Oc2ccccc2)c1C(N)=O. The maximum Gasteiger partial charge on any atom is 0.252 e. The Bertz CT molecular complexity index is 535. The maximum atomic E-state index is 11.4.